The second kappa shape index (κ2) is 14.5. The number of furan rings is 1. The molecule has 4 heteroatoms. The van der Waals surface area contributed by atoms with E-state index in [-0.39, 0.29) is 44.8 Å². The first kappa shape index (κ1) is 46.5. The summed E-state index contributed by atoms with van der Waals surface area (Å²) in [5, 5.41) is 2.35. The van der Waals surface area contributed by atoms with Crippen LogP contribution in [0, 0.1) is 6.92 Å². The molecule has 0 unspecified atom stereocenters. The van der Waals surface area contributed by atoms with Crippen molar-refractivity contribution in [1.82, 2.24) is 0 Å². The number of para-hydroxylation sites is 1. The molecule has 2 aliphatic heterocycles. The van der Waals surface area contributed by atoms with Gasteiger partial charge >= 0.3 is 6.85 Å². The van der Waals surface area contributed by atoms with E-state index in [4.69, 9.17) is 4.42 Å². The van der Waals surface area contributed by atoms with Crippen LogP contribution >= 0.6 is 0 Å². The molecule has 8 aromatic rings. The van der Waals surface area contributed by atoms with Crippen LogP contribution in [0.15, 0.2) is 114 Å². The zero-order chi connectivity index (χ0) is 51.8. The van der Waals surface area contributed by atoms with Crippen molar-refractivity contribution in [3.63, 3.8) is 0 Å². The van der Waals surface area contributed by atoms with E-state index in [0.717, 1.165) is 36.8 Å². The highest BCUT2D eigenvalue weighted by molar-refractivity contribution is 6.94. The number of hydrogen-bond acceptors (Lipinski definition) is 3. The van der Waals surface area contributed by atoms with Crippen LogP contribution in [0.25, 0.3) is 44.2 Å². The van der Waals surface area contributed by atoms with Gasteiger partial charge < -0.3 is 14.1 Å². The quantitative estimate of drug-likeness (QED) is 0.161. The first-order chi connectivity index (χ1) is 34.8. The molecule has 0 fully saturated rings. The molecule has 4 aliphatic carbocycles. The second-order valence-corrected chi connectivity index (χ2v) is 28.5. The molecule has 0 saturated heterocycles. The van der Waals surface area contributed by atoms with Crippen molar-refractivity contribution in [3.8, 4) is 22.3 Å². The highest BCUT2D eigenvalue weighted by atomic mass is 16.3. The molecule has 3 nitrogen and oxygen atoms in total. The SMILES string of the molecule is Cc1cc2c(cc1N1c3cc4c(cc3B3c5c1cc1c(oc6ccccc61)c5-c1cc5c(cc1N3c1ccc3c(c1)C(C)(C)CCC3(C)C)C(C)(C)CCC5(C)C)C(C)(C)c1ccccc1-4)C(C)(C)CCC2(C)C. The van der Waals surface area contributed by atoms with Crippen molar-refractivity contribution >= 4 is 68.1 Å². The lowest BCUT2D eigenvalue weighted by atomic mass is 9.42. The van der Waals surface area contributed by atoms with Crippen LogP contribution in [-0.4, -0.2) is 6.85 Å². The number of anilines is 5. The molecule has 0 N–H and O–H groups in total. The minimum Gasteiger partial charge on any atom is -0.455 e. The van der Waals surface area contributed by atoms with E-state index in [1.807, 2.05) is 0 Å². The topological polar surface area (TPSA) is 19.6 Å². The first-order valence-electron chi connectivity index (χ1n) is 28.2. The maximum absolute atomic E-state index is 7.37. The molecular formula is C70H75BN2O. The Morgan fingerprint density at radius 2 is 0.973 bits per heavy atom. The lowest BCUT2D eigenvalue weighted by Crippen LogP contribution is -2.62. The first-order valence-corrected chi connectivity index (χ1v) is 28.2. The summed E-state index contributed by atoms with van der Waals surface area (Å²) < 4.78 is 7.37. The van der Waals surface area contributed by atoms with Gasteiger partial charge in [-0.15, -0.1) is 0 Å². The third-order valence-electron chi connectivity index (χ3n) is 20.7. The zero-order valence-electron chi connectivity index (χ0n) is 47.0. The van der Waals surface area contributed by atoms with Gasteiger partial charge in [-0.05, 0) is 199 Å². The average Bonchev–Trinajstić information content (AvgIpc) is 3.88. The molecule has 374 valence electrons. The van der Waals surface area contributed by atoms with Crippen molar-refractivity contribution < 1.29 is 4.42 Å². The molecule has 14 rings (SSSR count). The summed E-state index contributed by atoms with van der Waals surface area (Å²) >= 11 is 0. The number of benzene rings is 7. The molecule has 0 atom stereocenters. The predicted octanol–water partition coefficient (Wildman–Crippen LogP) is 18.0. The van der Waals surface area contributed by atoms with Crippen molar-refractivity contribution in [2.24, 2.45) is 0 Å². The summed E-state index contributed by atoms with van der Waals surface area (Å²) in [6.07, 6.45) is 7.00. The lowest BCUT2D eigenvalue weighted by Gasteiger charge is -2.49. The Labute approximate surface area is 441 Å². The van der Waals surface area contributed by atoms with Crippen LogP contribution in [0.1, 0.15) is 186 Å². The van der Waals surface area contributed by atoms with Crippen molar-refractivity contribution in [1.29, 1.82) is 0 Å². The van der Waals surface area contributed by atoms with Crippen LogP contribution in [0.3, 0.4) is 0 Å². The van der Waals surface area contributed by atoms with Crippen molar-refractivity contribution in [2.75, 3.05) is 9.71 Å². The van der Waals surface area contributed by atoms with Crippen LogP contribution in [-0.2, 0) is 37.9 Å². The summed E-state index contributed by atoms with van der Waals surface area (Å²) in [5.41, 5.74) is 29.4. The largest absolute Gasteiger partial charge is 0.455 e. The van der Waals surface area contributed by atoms with E-state index in [0.29, 0.717) is 0 Å². The minimum atomic E-state index is -0.192. The number of rotatable bonds is 2. The number of nitrogens with zero attached hydrogens (tertiary/aromatic N) is 2. The van der Waals surface area contributed by atoms with E-state index in [1.54, 1.807) is 0 Å². The Hall–Kier alpha value is -6.00. The Bertz CT molecular complexity index is 3810. The van der Waals surface area contributed by atoms with E-state index in [9.17, 15) is 0 Å². The van der Waals surface area contributed by atoms with Crippen LogP contribution in [0.4, 0.5) is 28.4 Å². The third kappa shape index (κ3) is 6.09. The van der Waals surface area contributed by atoms with Gasteiger partial charge in [0.1, 0.15) is 11.2 Å². The van der Waals surface area contributed by atoms with Gasteiger partial charge in [0.05, 0.1) is 0 Å². The van der Waals surface area contributed by atoms with Gasteiger partial charge in [0.2, 0.25) is 0 Å². The fourth-order valence-corrected chi connectivity index (χ4v) is 15.7. The fourth-order valence-electron chi connectivity index (χ4n) is 15.7. The molecule has 7 aromatic carbocycles. The summed E-state index contributed by atoms with van der Waals surface area (Å²) in [5.74, 6) is 0. The highest BCUT2D eigenvalue weighted by Crippen LogP contribution is 2.59. The molecule has 1 aromatic heterocycles. The molecule has 3 heterocycles. The average molecular weight is 971 g/mol. The molecule has 0 spiro atoms. The molecule has 0 saturated carbocycles. The zero-order valence-corrected chi connectivity index (χ0v) is 47.0. The van der Waals surface area contributed by atoms with Gasteiger partial charge in [0, 0.05) is 55.8 Å². The second-order valence-electron chi connectivity index (χ2n) is 28.5. The Morgan fingerprint density at radius 3 is 1.64 bits per heavy atom. The molecule has 6 aliphatic rings. The maximum Gasteiger partial charge on any atom is 0.333 e. The Balaban J connectivity index is 1.18. The van der Waals surface area contributed by atoms with Crippen LogP contribution in [0.2, 0.25) is 0 Å². The van der Waals surface area contributed by atoms with Crippen molar-refractivity contribution in [2.45, 2.75) is 180 Å². The standard InChI is InChI=1S/C70H75BN2O/c1-40-32-50-53(68(10,11)30-28-65(50,4)5)38-56(40)72-58-35-44-42-20-16-18-22-47(42)70(14,15)49(44)37-55(58)71-62-59(72)36-45-43-21-17-19-23-60(43)74-63(45)61(62)46-34-52-54(69(12,13)31-29-67(52,8)9)39-57(46)73(71)41-24-25-48-51(33-41)66(6,7)27-26-64(48,2)3/h16-25,32-39H,26-31H2,1-15H3. The molecule has 0 amide bonds. The van der Waals surface area contributed by atoms with Gasteiger partial charge in [-0.25, -0.2) is 0 Å². The predicted molar refractivity (Wildman–Crippen MR) is 316 cm³/mol. The summed E-state index contributed by atoms with van der Waals surface area (Å²) in [6.45, 7) is 36.9. The smallest absolute Gasteiger partial charge is 0.333 e. The van der Waals surface area contributed by atoms with E-state index >= 15 is 0 Å². The normalized spacial score (nSPS) is 21.0. The van der Waals surface area contributed by atoms with Crippen LogP contribution < -0.4 is 20.6 Å². The van der Waals surface area contributed by atoms with Crippen LogP contribution in [0.5, 0.6) is 0 Å². The number of aryl methyl sites for hydroxylation is 1. The number of hydrogen-bond donors (Lipinski definition) is 0. The van der Waals surface area contributed by atoms with E-state index in [1.165, 1.54) is 135 Å². The lowest BCUT2D eigenvalue weighted by molar-refractivity contribution is 0.332. The summed E-state index contributed by atoms with van der Waals surface area (Å²) in [4.78, 5) is 5.56. The van der Waals surface area contributed by atoms with E-state index < -0.39 is 0 Å². The fraction of sp³-hybridized carbons (Fsp3) is 0.400. The summed E-state index contributed by atoms with van der Waals surface area (Å²) in [6, 6.07) is 44.0. The van der Waals surface area contributed by atoms with Gasteiger partial charge in [-0.2, -0.15) is 0 Å². The monoisotopic (exact) mass is 971 g/mol. The number of fused-ring (bicyclic) bond motifs is 14. The Kier molecular flexibility index (Phi) is 9.10. The maximum atomic E-state index is 7.37. The summed E-state index contributed by atoms with van der Waals surface area (Å²) in [7, 11) is 0. The molecule has 0 radical (unpaired) electrons. The Morgan fingerprint density at radius 1 is 0.419 bits per heavy atom. The molecule has 74 heavy (non-hydrogen) atoms. The molecule has 0 bridgehead atoms. The third-order valence-corrected chi connectivity index (χ3v) is 20.7. The van der Waals surface area contributed by atoms with Gasteiger partial charge in [-0.1, -0.05) is 158 Å². The van der Waals surface area contributed by atoms with Gasteiger partial charge in [-0.3, -0.25) is 0 Å². The molecular weight excluding hydrogens is 896 g/mol. The van der Waals surface area contributed by atoms with E-state index in [2.05, 4.69) is 223 Å². The van der Waals surface area contributed by atoms with Gasteiger partial charge in [0.25, 0.3) is 0 Å². The van der Waals surface area contributed by atoms with Crippen molar-refractivity contribution in [3.05, 3.63) is 159 Å². The minimum absolute atomic E-state index is 0.00538. The highest BCUT2D eigenvalue weighted by Gasteiger charge is 2.51. The van der Waals surface area contributed by atoms with Gasteiger partial charge in [0.15, 0.2) is 0 Å².